The van der Waals surface area contributed by atoms with Crippen LogP contribution in [-0.2, 0) is 17.1 Å². The van der Waals surface area contributed by atoms with Crippen molar-refractivity contribution in [1.29, 1.82) is 0 Å². The molecule has 0 spiro atoms. The van der Waals surface area contributed by atoms with E-state index in [1.54, 1.807) is 0 Å². The van der Waals surface area contributed by atoms with Crippen LogP contribution in [0, 0.1) is 19.3 Å². The first kappa shape index (κ1) is 23.2. The second-order valence-corrected chi connectivity index (χ2v) is 5.78. The predicted octanol–water partition coefficient (Wildman–Crippen LogP) is 6.52. The summed E-state index contributed by atoms with van der Waals surface area (Å²) in [6.45, 7) is 0. The molecule has 0 nitrogen and oxygen atoms in total. The van der Waals surface area contributed by atoms with E-state index in [1.807, 2.05) is 0 Å². The van der Waals surface area contributed by atoms with Crippen molar-refractivity contribution in [1.82, 2.24) is 0 Å². The Morgan fingerprint density at radius 2 is 0.550 bits per heavy atom. The van der Waals surface area contributed by atoms with Crippen molar-refractivity contribution in [3.63, 3.8) is 0 Å². The van der Waals surface area contributed by atoms with Crippen LogP contribution in [0.2, 0.25) is 0 Å². The van der Waals surface area contributed by atoms with Gasteiger partial charge in [0.15, 0.2) is 0 Å². The Kier molecular flexibility index (Phi) is 23.2. The van der Waals surface area contributed by atoms with Gasteiger partial charge in [-0.1, -0.05) is 57.8 Å². The van der Waals surface area contributed by atoms with Gasteiger partial charge in [0.25, 0.3) is 0 Å². The summed E-state index contributed by atoms with van der Waals surface area (Å²) in [6, 6.07) is 0. The van der Waals surface area contributed by atoms with E-state index in [4.69, 9.17) is 0 Å². The number of rotatable bonds is 0. The second kappa shape index (κ2) is 19.9. The Bertz CT molecular complexity index is 86.4. The quantitative estimate of drug-likeness (QED) is 0.268. The maximum Gasteiger partial charge on any atom is 3.00 e. The van der Waals surface area contributed by atoms with Crippen LogP contribution in [0.1, 0.15) is 96.3 Å². The third-order valence-electron chi connectivity index (χ3n) is 3.95. The monoisotopic (exact) mass is 338 g/mol. The molecule has 2 heteroatoms. The van der Waals surface area contributed by atoms with Crippen molar-refractivity contribution < 1.29 is 17.1 Å². The van der Waals surface area contributed by atoms with Crippen LogP contribution < -0.4 is 0 Å². The largest absolute Gasteiger partial charge is 3.00 e. The van der Waals surface area contributed by atoms with E-state index in [1.165, 1.54) is 96.3 Å². The topological polar surface area (TPSA) is 0 Å². The molecule has 0 saturated heterocycles. The van der Waals surface area contributed by atoms with Crippen molar-refractivity contribution in [2.24, 2.45) is 0 Å². The van der Waals surface area contributed by atoms with Crippen LogP contribution in [0.4, 0.5) is 0 Å². The molecule has 0 aromatic rings. The van der Waals surface area contributed by atoms with Crippen molar-refractivity contribution >= 4 is 9.90 Å². The molecule has 120 valence electrons. The average molecular weight is 338 g/mol. The van der Waals surface area contributed by atoms with E-state index < -0.39 is 0 Å². The fourth-order valence-corrected chi connectivity index (χ4v) is 2.70. The molecule has 3 rings (SSSR count). The average Bonchev–Trinajstić information content (AvgIpc) is 2.54. The van der Waals surface area contributed by atoms with E-state index in [0.29, 0.717) is 0 Å². The zero-order valence-corrected chi connectivity index (χ0v) is 16.0. The van der Waals surface area contributed by atoms with Crippen LogP contribution in [0.15, 0.2) is 0 Å². The van der Waals surface area contributed by atoms with Gasteiger partial charge in [0.05, 0.1) is 0 Å². The van der Waals surface area contributed by atoms with Crippen molar-refractivity contribution in [2.75, 3.05) is 0 Å². The van der Waals surface area contributed by atoms with Crippen LogP contribution in [0.5, 0.6) is 0 Å². The standard InChI is InChI=1S/3C6H11.Mn.H3P/c3*1-2-4-6-5-3-1;;/h3*1H,2-6H2;;1H3/q3*-1;+3;. The van der Waals surface area contributed by atoms with Gasteiger partial charge in [-0.15, -0.1) is 0 Å². The Labute approximate surface area is 142 Å². The first-order valence-corrected chi connectivity index (χ1v) is 8.45. The van der Waals surface area contributed by atoms with E-state index in [-0.39, 0.29) is 27.0 Å². The number of hydrogen-bond donors (Lipinski definition) is 0. The van der Waals surface area contributed by atoms with Gasteiger partial charge in [0, 0.05) is 0 Å². The third kappa shape index (κ3) is 17.0. The summed E-state index contributed by atoms with van der Waals surface area (Å²) in [6.07, 6.45) is 28.5. The van der Waals surface area contributed by atoms with Gasteiger partial charge in [0.1, 0.15) is 0 Å². The van der Waals surface area contributed by atoms with Crippen molar-refractivity contribution in [3.05, 3.63) is 19.3 Å². The number of hydrogen-bond acceptors (Lipinski definition) is 0. The van der Waals surface area contributed by atoms with Gasteiger partial charge in [-0.2, -0.15) is 48.4 Å². The maximum absolute atomic E-state index is 2.39. The van der Waals surface area contributed by atoms with Crippen molar-refractivity contribution in [3.8, 4) is 0 Å². The van der Waals surface area contributed by atoms with E-state index in [0.717, 1.165) is 0 Å². The zero-order chi connectivity index (χ0) is 12.7. The molecule has 0 aromatic heterocycles. The first-order chi connectivity index (χ1) is 9.00. The summed E-state index contributed by atoms with van der Waals surface area (Å²) in [5.74, 6) is 0. The second-order valence-electron chi connectivity index (χ2n) is 5.78. The molecule has 1 unspecified atom stereocenters. The molecule has 1 atom stereocenters. The van der Waals surface area contributed by atoms with Crippen LogP contribution in [0.25, 0.3) is 0 Å². The van der Waals surface area contributed by atoms with Gasteiger partial charge in [-0.05, 0) is 0 Å². The third-order valence-corrected chi connectivity index (χ3v) is 3.95. The maximum atomic E-state index is 2.39. The normalized spacial score (nSPS) is 21.6. The smallest absolute Gasteiger partial charge is 0.328 e. The van der Waals surface area contributed by atoms with Gasteiger partial charge in [-0.25, -0.2) is 0 Å². The Balaban J connectivity index is 0. The molecule has 3 saturated carbocycles. The summed E-state index contributed by atoms with van der Waals surface area (Å²) in [5.41, 5.74) is 0. The molecule has 0 aromatic carbocycles. The molecule has 0 N–H and O–H groups in total. The van der Waals surface area contributed by atoms with Crippen molar-refractivity contribution in [2.45, 2.75) is 96.3 Å². The summed E-state index contributed by atoms with van der Waals surface area (Å²) in [7, 11) is 0. The molecule has 0 bridgehead atoms. The zero-order valence-electron chi connectivity index (χ0n) is 13.4. The summed E-state index contributed by atoms with van der Waals surface area (Å²) in [4.78, 5) is 0. The molecule has 0 radical (unpaired) electrons. The Hall–Kier alpha value is 0.949. The molecule has 0 heterocycles. The molecule has 0 amide bonds. The van der Waals surface area contributed by atoms with E-state index in [9.17, 15) is 0 Å². The summed E-state index contributed by atoms with van der Waals surface area (Å²) < 4.78 is 0. The molecule has 0 aliphatic heterocycles. The minimum atomic E-state index is 0. The van der Waals surface area contributed by atoms with Crippen LogP contribution >= 0.6 is 9.90 Å². The molecular weight excluding hydrogens is 302 g/mol. The minimum Gasteiger partial charge on any atom is -0.328 e. The Morgan fingerprint density at radius 3 is 0.600 bits per heavy atom. The van der Waals surface area contributed by atoms with Gasteiger partial charge in [-0.3, -0.25) is 0 Å². The van der Waals surface area contributed by atoms with Crippen LogP contribution in [0.3, 0.4) is 0 Å². The molecule has 3 aliphatic rings. The van der Waals surface area contributed by atoms with E-state index >= 15 is 0 Å². The Morgan fingerprint density at radius 1 is 0.350 bits per heavy atom. The molecule has 20 heavy (non-hydrogen) atoms. The predicted molar refractivity (Wildman–Crippen MR) is 93.3 cm³/mol. The van der Waals surface area contributed by atoms with E-state index in [2.05, 4.69) is 19.3 Å². The fourth-order valence-electron chi connectivity index (χ4n) is 2.70. The van der Waals surface area contributed by atoms with Crippen LogP contribution in [-0.4, -0.2) is 0 Å². The van der Waals surface area contributed by atoms with Gasteiger partial charge < -0.3 is 19.3 Å². The fraction of sp³-hybridized carbons (Fsp3) is 0.833. The van der Waals surface area contributed by atoms with Gasteiger partial charge >= 0.3 is 17.1 Å². The summed E-state index contributed by atoms with van der Waals surface area (Å²) >= 11 is 0. The summed E-state index contributed by atoms with van der Waals surface area (Å²) in [5, 5.41) is 0. The SMILES string of the molecule is P.[CH-]1CCCCC1.[CH-]1CCCCC1.[CH-]1CCCCC1.[Mn+3]. The minimum absolute atomic E-state index is 0. The first-order valence-electron chi connectivity index (χ1n) is 8.45. The molecule has 3 fully saturated rings. The molecule has 3 aliphatic carbocycles. The van der Waals surface area contributed by atoms with Gasteiger partial charge in [0.2, 0.25) is 0 Å². The molecular formula is C18H36MnP.